The first-order chi connectivity index (χ1) is 7.70. The molecule has 92 valence electrons. The SMILES string of the molecule is C=CCN1C(=O)OC(OCCCCC)[C@@H]1C. The highest BCUT2D eigenvalue weighted by Gasteiger charge is 2.38. The van der Waals surface area contributed by atoms with Gasteiger partial charge in [-0.3, -0.25) is 4.90 Å². The fraction of sp³-hybridized carbons (Fsp3) is 0.750. The molecule has 0 saturated carbocycles. The molecule has 0 aromatic rings. The molecule has 0 radical (unpaired) electrons. The number of carbonyl (C=O) groups is 1. The summed E-state index contributed by atoms with van der Waals surface area (Å²) in [6.45, 7) is 8.85. The second-order valence-corrected chi connectivity index (χ2v) is 4.01. The Labute approximate surface area is 97.2 Å². The van der Waals surface area contributed by atoms with Crippen molar-refractivity contribution in [1.82, 2.24) is 4.90 Å². The fourth-order valence-electron chi connectivity index (χ4n) is 1.68. The first kappa shape index (κ1) is 13.0. The van der Waals surface area contributed by atoms with Crippen molar-refractivity contribution in [2.24, 2.45) is 0 Å². The van der Waals surface area contributed by atoms with E-state index in [2.05, 4.69) is 13.5 Å². The summed E-state index contributed by atoms with van der Waals surface area (Å²) in [6, 6.07) is -0.0351. The Balaban J connectivity index is 2.33. The number of ether oxygens (including phenoxy) is 2. The van der Waals surface area contributed by atoms with Gasteiger partial charge in [-0.15, -0.1) is 6.58 Å². The van der Waals surface area contributed by atoms with Crippen molar-refractivity contribution in [3.8, 4) is 0 Å². The van der Waals surface area contributed by atoms with Crippen LogP contribution in [0.4, 0.5) is 4.79 Å². The van der Waals surface area contributed by atoms with Crippen LogP contribution in [0.1, 0.15) is 33.1 Å². The molecule has 1 heterocycles. The lowest BCUT2D eigenvalue weighted by molar-refractivity contribution is -0.0931. The standard InChI is InChI=1S/C12H21NO3/c1-4-6-7-9-15-11-10(3)13(8-5-2)12(14)16-11/h5,10-11H,2,4,6-9H2,1,3H3/t10-,11?/m0/s1. The Morgan fingerprint density at radius 1 is 1.56 bits per heavy atom. The number of hydrogen-bond acceptors (Lipinski definition) is 3. The van der Waals surface area contributed by atoms with Crippen molar-refractivity contribution in [3.63, 3.8) is 0 Å². The predicted octanol–water partition coefficient (Wildman–Crippen LogP) is 2.55. The minimum absolute atomic E-state index is 0.0351. The molecular weight excluding hydrogens is 206 g/mol. The molecule has 2 atom stereocenters. The summed E-state index contributed by atoms with van der Waals surface area (Å²) in [5.74, 6) is 0. The van der Waals surface area contributed by atoms with E-state index >= 15 is 0 Å². The smallest absolute Gasteiger partial charge is 0.412 e. The van der Waals surface area contributed by atoms with E-state index in [0.717, 1.165) is 19.3 Å². The normalized spacial score (nSPS) is 24.6. The molecular formula is C12H21NO3. The maximum absolute atomic E-state index is 11.4. The molecule has 1 amide bonds. The minimum Gasteiger partial charge on any atom is -0.417 e. The van der Waals surface area contributed by atoms with Crippen LogP contribution in [-0.2, 0) is 9.47 Å². The Morgan fingerprint density at radius 3 is 2.94 bits per heavy atom. The van der Waals surface area contributed by atoms with Gasteiger partial charge >= 0.3 is 6.09 Å². The number of amides is 1. The molecule has 1 unspecified atom stereocenters. The first-order valence-corrected chi connectivity index (χ1v) is 5.90. The highest BCUT2D eigenvalue weighted by molar-refractivity contribution is 5.70. The summed E-state index contributed by atoms with van der Waals surface area (Å²) in [5, 5.41) is 0. The Bertz CT molecular complexity index is 242. The van der Waals surface area contributed by atoms with Crippen LogP contribution >= 0.6 is 0 Å². The van der Waals surface area contributed by atoms with Gasteiger partial charge in [0.05, 0.1) is 12.6 Å². The zero-order chi connectivity index (χ0) is 12.0. The van der Waals surface area contributed by atoms with E-state index in [0.29, 0.717) is 13.2 Å². The van der Waals surface area contributed by atoms with Crippen LogP contribution in [0, 0.1) is 0 Å². The van der Waals surface area contributed by atoms with Gasteiger partial charge in [0.25, 0.3) is 0 Å². The molecule has 1 rings (SSSR count). The van der Waals surface area contributed by atoms with Gasteiger partial charge in [-0.2, -0.15) is 0 Å². The molecule has 1 saturated heterocycles. The Morgan fingerprint density at radius 2 is 2.31 bits per heavy atom. The zero-order valence-corrected chi connectivity index (χ0v) is 10.1. The van der Waals surface area contributed by atoms with Gasteiger partial charge in [-0.25, -0.2) is 4.79 Å². The summed E-state index contributed by atoms with van der Waals surface area (Å²) in [6.07, 6.45) is 4.27. The number of carbonyl (C=O) groups excluding carboxylic acids is 1. The highest BCUT2D eigenvalue weighted by Crippen LogP contribution is 2.20. The van der Waals surface area contributed by atoms with Crippen LogP contribution in [0.5, 0.6) is 0 Å². The number of rotatable bonds is 7. The van der Waals surface area contributed by atoms with Gasteiger partial charge in [0.1, 0.15) is 0 Å². The average Bonchev–Trinajstić information content (AvgIpc) is 2.53. The zero-order valence-electron chi connectivity index (χ0n) is 10.1. The van der Waals surface area contributed by atoms with Gasteiger partial charge < -0.3 is 9.47 Å². The largest absolute Gasteiger partial charge is 0.417 e. The summed E-state index contributed by atoms with van der Waals surface area (Å²) in [4.78, 5) is 13.1. The lowest BCUT2D eigenvalue weighted by Crippen LogP contribution is -2.35. The molecule has 0 N–H and O–H groups in total. The monoisotopic (exact) mass is 227 g/mol. The van der Waals surface area contributed by atoms with Crippen LogP contribution < -0.4 is 0 Å². The molecule has 0 bridgehead atoms. The Kier molecular flexibility index (Phi) is 5.32. The summed E-state index contributed by atoms with van der Waals surface area (Å²) in [7, 11) is 0. The van der Waals surface area contributed by atoms with E-state index < -0.39 is 6.29 Å². The summed E-state index contributed by atoms with van der Waals surface area (Å²) < 4.78 is 10.7. The number of cyclic esters (lactones) is 1. The van der Waals surface area contributed by atoms with Crippen LogP contribution in [0.3, 0.4) is 0 Å². The third kappa shape index (κ3) is 3.23. The third-order valence-corrected chi connectivity index (χ3v) is 2.69. The van der Waals surface area contributed by atoms with Crippen molar-refractivity contribution < 1.29 is 14.3 Å². The van der Waals surface area contributed by atoms with E-state index in [4.69, 9.17) is 9.47 Å². The van der Waals surface area contributed by atoms with Crippen LogP contribution in [0.15, 0.2) is 12.7 Å². The summed E-state index contributed by atoms with van der Waals surface area (Å²) in [5.41, 5.74) is 0. The van der Waals surface area contributed by atoms with Crippen molar-refractivity contribution in [1.29, 1.82) is 0 Å². The number of hydrogen-bond donors (Lipinski definition) is 0. The van der Waals surface area contributed by atoms with Crippen LogP contribution in [0.2, 0.25) is 0 Å². The van der Waals surface area contributed by atoms with Crippen molar-refractivity contribution >= 4 is 6.09 Å². The van der Waals surface area contributed by atoms with Gasteiger partial charge in [0.2, 0.25) is 6.29 Å². The molecule has 0 spiro atoms. The van der Waals surface area contributed by atoms with E-state index in [1.807, 2.05) is 6.92 Å². The first-order valence-electron chi connectivity index (χ1n) is 5.90. The lowest BCUT2D eigenvalue weighted by atomic mass is 10.2. The van der Waals surface area contributed by atoms with Crippen molar-refractivity contribution in [2.45, 2.75) is 45.4 Å². The van der Waals surface area contributed by atoms with E-state index in [1.165, 1.54) is 0 Å². The molecule has 16 heavy (non-hydrogen) atoms. The van der Waals surface area contributed by atoms with Gasteiger partial charge in [0.15, 0.2) is 0 Å². The van der Waals surface area contributed by atoms with Crippen LogP contribution in [-0.4, -0.2) is 36.5 Å². The van der Waals surface area contributed by atoms with Crippen molar-refractivity contribution in [3.05, 3.63) is 12.7 Å². The lowest BCUT2D eigenvalue weighted by Gasteiger charge is -2.19. The third-order valence-electron chi connectivity index (χ3n) is 2.69. The number of unbranched alkanes of at least 4 members (excludes halogenated alkanes) is 2. The molecule has 0 aromatic heterocycles. The van der Waals surface area contributed by atoms with E-state index in [9.17, 15) is 4.79 Å². The molecule has 1 aliphatic heterocycles. The fourth-order valence-corrected chi connectivity index (χ4v) is 1.68. The topological polar surface area (TPSA) is 38.8 Å². The van der Waals surface area contributed by atoms with Crippen molar-refractivity contribution in [2.75, 3.05) is 13.2 Å². The molecule has 4 heteroatoms. The second kappa shape index (κ2) is 6.53. The van der Waals surface area contributed by atoms with E-state index in [1.54, 1.807) is 11.0 Å². The summed E-state index contributed by atoms with van der Waals surface area (Å²) >= 11 is 0. The molecule has 4 nitrogen and oxygen atoms in total. The molecule has 1 aliphatic rings. The highest BCUT2D eigenvalue weighted by atomic mass is 16.7. The molecule has 0 aliphatic carbocycles. The van der Waals surface area contributed by atoms with Crippen LogP contribution in [0.25, 0.3) is 0 Å². The van der Waals surface area contributed by atoms with Gasteiger partial charge in [-0.05, 0) is 13.3 Å². The predicted molar refractivity (Wildman–Crippen MR) is 62.1 cm³/mol. The minimum atomic E-state index is -0.427. The maximum Gasteiger partial charge on any atom is 0.412 e. The Hall–Kier alpha value is -1.03. The van der Waals surface area contributed by atoms with E-state index in [-0.39, 0.29) is 12.1 Å². The maximum atomic E-state index is 11.4. The molecule has 1 fully saturated rings. The van der Waals surface area contributed by atoms with Gasteiger partial charge in [0, 0.05) is 6.54 Å². The number of nitrogens with zero attached hydrogens (tertiary/aromatic N) is 1. The quantitative estimate of drug-likeness (QED) is 0.495. The van der Waals surface area contributed by atoms with Gasteiger partial charge in [-0.1, -0.05) is 25.8 Å². The average molecular weight is 227 g/mol. The molecule has 0 aromatic carbocycles. The second-order valence-electron chi connectivity index (χ2n) is 4.01.